The van der Waals surface area contributed by atoms with Gasteiger partial charge in [0.25, 0.3) is 0 Å². The molecule has 0 spiro atoms. The SMILES string of the molecule is CC(NC(=O)CSc1nnc(N2CCCC2)n1Cc1ccco1)C1CC1. The largest absolute Gasteiger partial charge is 0.467 e. The van der Waals surface area contributed by atoms with Gasteiger partial charge in [-0.3, -0.25) is 9.36 Å². The lowest BCUT2D eigenvalue weighted by atomic mass is 10.2. The third kappa shape index (κ3) is 4.06. The van der Waals surface area contributed by atoms with Crippen LogP contribution in [0.15, 0.2) is 28.0 Å². The van der Waals surface area contributed by atoms with Gasteiger partial charge < -0.3 is 14.6 Å². The summed E-state index contributed by atoms with van der Waals surface area (Å²) in [7, 11) is 0. The molecule has 1 aliphatic carbocycles. The van der Waals surface area contributed by atoms with Crippen molar-refractivity contribution in [3.05, 3.63) is 24.2 Å². The van der Waals surface area contributed by atoms with Gasteiger partial charge in [0.1, 0.15) is 5.76 Å². The number of thioether (sulfide) groups is 1. The summed E-state index contributed by atoms with van der Waals surface area (Å²) < 4.78 is 7.57. The molecule has 2 aliphatic rings. The molecule has 1 aliphatic heterocycles. The van der Waals surface area contributed by atoms with Gasteiger partial charge in [0.05, 0.1) is 18.6 Å². The third-order valence-corrected chi connectivity index (χ3v) is 6.00. The molecule has 8 heteroatoms. The van der Waals surface area contributed by atoms with Gasteiger partial charge in [0, 0.05) is 19.1 Å². The van der Waals surface area contributed by atoms with Crippen LogP contribution < -0.4 is 10.2 Å². The molecule has 2 fully saturated rings. The van der Waals surface area contributed by atoms with Gasteiger partial charge in [0.15, 0.2) is 5.16 Å². The smallest absolute Gasteiger partial charge is 0.230 e. The van der Waals surface area contributed by atoms with Crippen LogP contribution in [-0.2, 0) is 11.3 Å². The zero-order valence-corrected chi connectivity index (χ0v) is 15.9. The summed E-state index contributed by atoms with van der Waals surface area (Å²) in [5, 5.41) is 12.6. The second-order valence-electron chi connectivity index (χ2n) is 7.12. The van der Waals surface area contributed by atoms with Gasteiger partial charge in [-0.25, -0.2) is 0 Å². The van der Waals surface area contributed by atoms with E-state index in [1.165, 1.54) is 37.4 Å². The highest BCUT2D eigenvalue weighted by Gasteiger charge is 2.29. The van der Waals surface area contributed by atoms with Crippen LogP contribution in [0.2, 0.25) is 0 Å². The zero-order chi connectivity index (χ0) is 17.9. The number of nitrogens with zero attached hydrogens (tertiary/aromatic N) is 4. The highest BCUT2D eigenvalue weighted by Crippen LogP contribution is 2.32. The summed E-state index contributed by atoms with van der Waals surface area (Å²) in [5.41, 5.74) is 0. The van der Waals surface area contributed by atoms with Crippen molar-refractivity contribution < 1.29 is 9.21 Å². The van der Waals surface area contributed by atoms with E-state index in [-0.39, 0.29) is 11.9 Å². The summed E-state index contributed by atoms with van der Waals surface area (Å²) in [6.07, 6.45) is 6.49. The van der Waals surface area contributed by atoms with Crippen molar-refractivity contribution in [1.29, 1.82) is 0 Å². The first-order valence-corrected chi connectivity index (χ1v) is 10.3. The Labute approximate surface area is 157 Å². The summed E-state index contributed by atoms with van der Waals surface area (Å²) >= 11 is 1.44. The quantitative estimate of drug-likeness (QED) is 0.715. The van der Waals surface area contributed by atoms with E-state index in [4.69, 9.17) is 4.42 Å². The van der Waals surface area contributed by atoms with Gasteiger partial charge in [-0.15, -0.1) is 10.2 Å². The number of carbonyl (C=O) groups is 1. The van der Waals surface area contributed by atoms with E-state index in [2.05, 4.69) is 31.9 Å². The third-order valence-electron chi connectivity index (χ3n) is 5.03. The van der Waals surface area contributed by atoms with E-state index in [9.17, 15) is 4.79 Å². The molecule has 7 nitrogen and oxygen atoms in total. The Hall–Kier alpha value is -1.96. The van der Waals surface area contributed by atoms with Gasteiger partial charge in [-0.2, -0.15) is 0 Å². The second kappa shape index (κ2) is 7.73. The van der Waals surface area contributed by atoms with Crippen LogP contribution in [-0.4, -0.2) is 45.6 Å². The molecule has 0 bridgehead atoms. The number of hydrogen-bond acceptors (Lipinski definition) is 6. The molecule has 0 radical (unpaired) electrons. The lowest BCUT2D eigenvalue weighted by Gasteiger charge is -2.17. The second-order valence-corrected chi connectivity index (χ2v) is 8.07. The minimum absolute atomic E-state index is 0.0599. The maximum Gasteiger partial charge on any atom is 0.230 e. The Kier molecular flexibility index (Phi) is 5.19. The number of anilines is 1. The van der Waals surface area contributed by atoms with E-state index in [0.717, 1.165) is 30.0 Å². The summed E-state index contributed by atoms with van der Waals surface area (Å²) in [5.74, 6) is 2.80. The number of furan rings is 1. The number of nitrogens with one attached hydrogen (secondary N) is 1. The normalized spacial score (nSPS) is 18.3. The molecule has 1 N–H and O–H groups in total. The number of rotatable bonds is 8. The first-order valence-electron chi connectivity index (χ1n) is 9.33. The summed E-state index contributed by atoms with van der Waals surface area (Å²) in [4.78, 5) is 14.5. The summed E-state index contributed by atoms with van der Waals surface area (Å²) in [6, 6.07) is 4.10. The average molecular weight is 375 g/mol. The topological polar surface area (TPSA) is 76.2 Å². The fourth-order valence-corrected chi connectivity index (χ4v) is 4.12. The van der Waals surface area contributed by atoms with Crippen molar-refractivity contribution >= 4 is 23.6 Å². The lowest BCUT2D eigenvalue weighted by Crippen LogP contribution is -2.35. The standard InChI is InChI=1S/C18H25N5O2S/c1-13(14-6-7-14)19-16(24)12-26-18-21-20-17(22-8-2-3-9-22)23(18)11-15-5-4-10-25-15/h4-5,10,13-14H,2-3,6-9,11-12H2,1H3,(H,19,24). The minimum atomic E-state index is 0.0599. The Balaban J connectivity index is 1.44. The molecule has 4 rings (SSSR count). The summed E-state index contributed by atoms with van der Waals surface area (Å²) in [6.45, 7) is 4.67. The molecule has 2 aromatic rings. The molecule has 1 saturated carbocycles. The van der Waals surface area contributed by atoms with Crippen molar-refractivity contribution in [3.8, 4) is 0 Å². The van der Waals surface area contributed by atoms with Crippen molar-refractivity contribution in [2.45, 2.75) is 50.4 Å². The van der Waals surface area contributed by atoms with E-state index in [1.807, 2.05) is 12.1 Å². The molecule has 140 valence electrons. The number of amides is 1. The van der Waals surface area contributed by atoms with Crippen molar-refractivity contribution in [3.63, 3.8) is 0 Å². The van der Waals surface area contributed by atoms with Crippen molar-refractivity contribution in [2.75, 3.05) is 23.7 Å². The first-order chi connectivity index (χ1) is 12.7. The predicted octanol–water partition coefficient (Wildman–Crippen LogP) is 2.53. The fourth-order valence-electron chi connectivity index (χ4n) is 3.38. The average Bonchev–Trinajstić information content (AvgIpc) is 3.03. The number of hydrogen-bond donors (Lipinski definition) is 1. The number of aromatic nitrogens is 3. The highest BCUT2D eigenvalue weighted by atomic mass is 32.2. The van der Waals surface area contributed by atoms with Crippen LogP contribution in [0.3, 0.4) is 0 Å². The van der Waals surface area contributed by atoms with Crippen LogP contribution in [0.25, 0.3) is 0 Å². The molecular formula is C18H25N5O2S. The van der Waals surface area contributed by atoms with Crippen molar-refractivity contribution in [2.24, 2.45) is 5.92 Å². The molecule has 26 heavy (non-hydrogen) atoms. The van der Waals surface area contributed by atoms with E-state index >= 15 is 0 Å². The molecule has 1 saturated heterocycles. The maximum absolute atomic E-state index is 12.2. The molecule has 0 aromatic carbocycles. The minimum Gasteiger partial charge on any atom is -0.467 e. The molecule has 2 aromatic heterocycles. The Morgan fingerprint density at radius 1 is 1.38 bits per heavy atom. The molecular weight excluding hydrogens is 350 g/mol. The molecule has 1 atom stereocenters. The molecule has 1 amide bonds. The van der Waals surface area contributed by atoms with Crippen LogP contribution in [0, 0.1) is 5.92 Å². The number of carbonyl (C=O) groups excluding carboxylic acids is 1. The lowest BCUT2D eigenvalue weighted by molar-refractivity contribution is -0.119. The highest BCUT2D eigenvalue weighted by molar-refractivity contribution is 7.99. The van der Waals surface area contributed by atoms with Crippen LogP contribution in [0.5, 0.6) is 0 Å². The Morgan fingerprint density at radius 3 is 2.88 bits per heavy atom. The molecule has 3 heterocycles. The fraction of sp³-hybridized carbons (Fsp3) is 0.611. The van der Waals surface area contributed by atoms with Gasteiger partial charge >= 0.3 is 0 Å². The van der Waals surface area contributed by atoms with E-state index in [1.54, 1.807) is 6.26 Å². The Morgan fingerprint density at radius 2 is 2.19 bits per heavy atom. The van der Waals surface area contributed by atoms with Crippen LogP contribution in [0.1, 0.15) is 38.4 Å². The maximum atomic E-state index is 12.2. The monoisotopic (exact) mass is 375 g/mol. The van der Waals surface area contributed by atoms with Crippen LogP contribution in [0.4, 0.5) is 5.95 Å². The predicted molar refractivity (Wildman–Crippen MR) is 100 cm³/mol. The van der Waals surface area contributed by atoms with Crippen LogP contribution >= 0.6 is 11.8 Å². The first kappa shape index (κ1) is 17.5. The van der Waals surface area contributed by atoms with E-state index in [0.29, 0.717) is 18.2 Å². The van der Waals surface area contributed by atoms with Gasteiger partial charge in [-0.1, -0.05) is 11.8 Å². The Bertz CT molecular complexity index is 735. The zero-order valence-electron chi connectivity index (χ0n) is 15.1. The van der Waals surface area contributed by atoms with Crippen molar-refractivity contribution in [1.82, 2.24) is 20.1 Å². The van der Waals surface area contributed by atoms with E-state index < -0.39 is 0 Å². The van der Waals surface area contributed by atoms with Gasteiger partial charge in [0.2, 0.25) is 11.9 Å². The molecule has 1 unspecified atom stereocenters. The van der Waals surface area contributed by atoms with Gasteiger partial charge in [-0.05, 0) is 50.7 Å².